The molecule has 0 spiro atoms. The monoisotopic (exact) mass is 271 g/mol. The molecule has 0 aliphatic carbocycles. The predicted octanol–water partition coefficient (Wildman–Crippen LogP) is 5.68. The van der Waals surface area contributed by atoms with Crippen molar-refractivity contribution in [1.29, 1.82) is 0 Å². The molecule has 0 atom stereocenters. The van der Waals surface area contributed by atoms with Gasteiger partial charge in [-0.05, 0) is 43.3 Å². The summed E-state index contributed by atoms with van der Waals surface area (Å²) in [6.07, 6.45) is 17.3. The maximum absolute atomic E-state index is 4.52. The van der Waals surface area contributed by atoms with Crippen LogP contribution in [0.3, 0.4) is 0 Å². The van der Waals surface area contributed by atoms with Crippen molar-refractivity contribution in [1.82, 2.24) is 0 Å². The zero-order valence-electron chi connectivity index (χ0n) is 13.3. The Labute approximate surface area is 125 Å². The van der Waals surface area contributed by atoms with Gasteiger partial charge in [0.2, 0.25) is 0 Å². The first-order valence-electron chi connectivity index (χ1n) is 7.39. The Kier molecular flexibility index (Phi) is 11.4. The summed E-state index contributed by atoms with van der Waals surface area (Å²) in [6.45, 7) is 14.7. The molecule has 0 aromatic heterocycles. The molecule has 0 aliphatic heterocycles. The number of aliphatic imine (C=N–C) groups is 1. The minimum absolute atomic E-state index is 0.558. The molecule has 110 valence electrons. The standard InChI is InChI=1S/C19H29N/c1-6-9-11-18(8-3)16-20-14-13-19(12-10-7-2)15-17(4)5/h6-8,10,12,15-17H,1-2,9,11,13-14H2,3-5H3/b12-10-,18-8+,19-15+,20-16?. The Balaban J connectivity index is 4.38. The van der Waals surface area contributed by atoms with Gasteiger partial charge in [0.1, 0.15) is 0 Å². The van der Waals surface area contributed by atoms with E-state index < -0.39 is 0 Å². The van der Waals surface area contributed by atoms with Gasteiger partial charge in [-0.3, -0.25) is 4.99 Å². The van der Waals surface area contributed by atoms with Crippen molar-refractivity contribution in [3.8, 4) is 0 Å². The highest BCUT2D eigenvalue weighted by atomic mass is 14.7. The maximum atomic E-state index is 4.52. The lowest BCUT2D eigenvalue weighted by molar-refractivity contribution is 0.813. The van der Waals surface area contributed by atoms with Crippen molar-refractivity contribution >= 4 is 6.21 Å². The van der Waals surface area contributed by atoms with Crippen LogP contribution in [0.15, 0.2) is 65.8 Å². The minimum atomic E-state index is 0.558. The molecular weight excluding hydrogens is 242 g/mol. The first-order chi connectivity index (χ1) is 9.63. The van der Waals surface area contributed by atoms with Crippen molar-refractivity contribution in [2.45, 2.75) is 40.0 Å². The van der Waals surface area contributed by atoms with Gasteiger partial charge in [-0.1, -0.05) is 56.9 Å². The van der Waals surface area contributed by atoms with E-state index in [1.54, 1.807) is 0 Å². The van der Waals surface area contributed by atoms with E-state index in [9.17, 15) is 0 Å². The summed E-state index contributed by atoms with van der Waals surface area (Å²) >= 11 is 0. The van der Waals surface area contributed by atoms with Crippen molar-refractivity contribution in [2.75, 3.05) is 6.54 Å². The highest BCUT2D eigenvalue weighted by Gasteiger charge is 1.95. The number of nitrogens with zero attached hydrogens (tertiary/aromatic N) is 1. The Morgan fingerprint density at radius 2 is 1.90 bits per heavy atom. The largest absolute Gasteiger partial charge is 0.293 e. The lowest BCUT2D eigenvalue weighted by atomic mass is 10.1. The van der Waals surface area contributed by atoms with E-state index in [0.717, 1.165) is 25.8 Å². The molecule has 0 saturated carbocycles. The van der Waals surface area contributed by atoms with Crippen LogP contribution in [0.1, 0.15) is 40.0 Å². The van der Waals surface area contributed by atoms with E-state index >= 15 is 0 Å². The highest BCUT2D eigenvalue weighted by Crippen LogP contribution is 2.09. The van der Waals surface area contributed by atoms with Gasteiger partial charge in [-0.25, -0.2) is 0 Å². The third-order valence-corrected chi connectivity index (χ3v) is 2.79. The van der Waals surface area contributed by atoms with Crippen LogP contribution >= 0.6 is 0 Å². The van der Waals surface area contributed by atoms with Gasteiger partial charge in [0.05, 0.1) is 0 Å². The fourth-order valence-electron chi connectivity index (χ4n) is 1.77. The molecule has 1 heteroatoms. The Morgan fingerprint density at radius 3 is 2.45 bits per heavy atom. The van der Waals surface area contributed by atoms with Crippen molar-refractivity contribution in [3.05, 3.63) is 60.8 Å². The number of rotatable bonds is 10. The Hall–Kier alpha value is -1.63. The van der Waals surface area contributed by atoms with Crippen molar-refractivity contribution in [2.24, 2.45) is 10.9 Å². The summed E-state index contributed by atoms with van der Waals surface area (Å²) in [5.74, 6) is 0.558. The summed E-state index contributed by atoms with van der Waals surface area (Å²) in [6, 6.07) is 0. The zero-order chi connectivity index (χ0) is 15.2. The summed E-state index contributed by atoms with van der Waals surface area (Å²) in [5.41, 5.74) is 2.60. The SMILES string of the molecule is C=C/C=C\C(=C/C(C)C)CCN=C/C(=C/C)CCC=C. The molecule has 0 aliphatic rings. The van der Waals surface area contributed by atoms with Crippen molar-refractivity contribution < 1.29 is 0 Å². The second kappa shape index (κ2) is 12.4. The zero-order valence-corrected chi connectivity index (χ0v) is 13.3. The van der Waals surface area contributed by atoms with Crippen LogP contribution in [0.25, 0.3) is 0 Å². The molecule has 0 amide bonds. The summed E-state index contributed by atoms with van der Waals surface area (Å²) in [4.78, 5) is 4.52. The van der Waals surface area contributed by atoms with Gasteiger partial charge in [0.15, 0.2) is 0 Å². The van der Waals surface area contributed by atoms with Gasteiger partial charge < -0.3 is 0 Å². The fraction of sp³-hybridized carbons (Fsp3) is 0.421. The van der Waals surface area contributed by atoms with E-state index in [2.05, 4.69) is 57.1 Å². The smallest absolute Gasteiger partial charge is 0.0429 e. The highest BCUT2D eigenvalue weighted by molar-refractivity contribution is 5.78. The molecular formula is C19H29N. The third-order valence-electron chi connectivity index (χ3n) is 2.79. The number of hydrogen-bond acceptors (Lipinski definition) is 1. The van der Waals surface area contributed by atoms with Crippen LogP contribution in [-0.4, -0.2) is 12.8 Å². The third kappa shape index (κ3) is 10.3. The summed E-state index contributed by atoms with van der Waals surface area (Å²) < 4.78 is 0. The molecule has 0 heterocycles. The first-order valence-corrected chi connectivity index (χ1v) is 7.39. The molecule has 0 aromatic rings. The van der Waals surface area contributed by atoms with E-state index in [1.807, 2.05) is 24.4 Å². The summed E-state index contributed by atoms with van der Waals surface area (Å²) in [5, 5.41) is 0. The molecule has 0 fully saturated rings. The average Bonchev–Trinajstić information content (AvgIpc) is 2.43. The quantitative estimate of drug-likeness (QED) is 0.275. The second-order valence-corrected chi connectivity index (χ2v) is 5.06. The molecule has 1 nitrogen and oxygen atoms in total. The first kappa shape index (κ1) is 18.4. The molecule has 0 radical (unpaired) electrons. The molecule has 0 aromatic carbocycles. The van der Waals surface area contributed by atoms with E-state index in [1.165, 1.54) is 11.1 Å². The normalized spacial score (nSPS) is 13.6. The minimum Gasteiger partial charge on any atom is -0.293 e. The fourth-order valence-corrected chi connectivity index (χ4v) is 1.77. The van der Waals surface area contributed by atoms with E-state index in [-0.39, 0.29) is 0 Å². The van der Waals surface area contributed by atoms with Gasteiger partial charge in [-0.15, -0.1) is 6.58 Å². The molecule has 20 heavy (non-hydrogen) atoms. The number of allylic oxidation sites excluding steroid dienone is 7. The second-order valence-electron chi connectivity index (χ2n) is 5.06. The number of hydrogen-bond donors (Lipinski definition) is 0. The molecule has 0 saturated heterocycles. The topological polar surface area (TPSA) is 12.4 Å². The van der Waals surface area contributed by atoms with Crippen LogP contribution in [0.4, 0.5) is 0 Å². The van der Waals surface area contributed by atoms with Crippen LogP contribution in [0.5, 0.6) is 0 Å². The van der Waals surface area contributed by atoms with Gasteiger partial charge in [-0.2, -0.15) is 0 Å². The average molecular weight is 271 g/mol. The lowest BCUT2D eigenvalue weighted by Crippen LogP contribution is -1.91. The lowest BCUT2D eigenvalue weighted by Gasteiger charge is -2.03. The van der Waals surface area contributed by atoms with Crippen LogP contribution < -0.4 is 0 Å². The molecule has 0 N–H and O–H groups in total. The van der Waals surface area contributed by atoms with Gasteiger partial charge in [0.25, 0.3) is 0 Å². The summed E-state index contributed by atoms with van der Waals surface area (Å²) in [7, 11) is 0. The Bertz CT molecular complexity index is 392. The van der Waals surface area contributed by atoms with Crippen LogP contribution in [0, 0.1) is 5.92 Å². The van der Waals surface area contributed by atoms with E-state index in [0.29, 0.717) is 5.92 Å². The molecule has 0 rings (SSSR count). The van der Waals surface area contributed by atoms with Gasteiger partial charge >= 0.3 is 0 Å². The van der Waals surface area contributed by atoms with Crippen LogP contribution in [0.2, 0.25) is 0 Å². The molecule has 0 bridgehead atoms. The maximum Gasteiger partial charge on any atom is 0.0429 e. The van der Waals surface area contributed by atoms with Gasteiger partial charge in [0, 0.05) is 12.8 Å². The van der Waals surface area contributed by atoms with E-state index in [4.69, 9.17) is 0 Å². The van der Waals surface area contributed by atoms with Crippen molar-refractivity contribution in [3.63, 3.8) is 0 Å². The predicted molar refractivity (Wildman–Crippen MR) is 93.4 cm³/mol. The Morgan fingerprint density at radius 1 is 1.15 bits per heavy atom. The van der Waals surface area contributed by atoms with Crippen LogP contribution in [-0.2, 0) is 0 Å². The molecule has 0 unspecified atom stereocenters.